The number of rotatable bonds is 5. The van der Waals surface area contributed by atoms with Gasteiger partial charge in [0.25, 0.3) is 11.8 Å². The Bertz CT molecular complexity index is 1660. The maximum absolute atomic E-state index is 13.5. The minimum absolute atomic E-state index is 0.0410. The van der Waals surface area contributed by atoms with Crippen LogP contribution in [0.5, 0.6) is 0 Å². The second-order valence-corrected chi connectivity index (χ2v) is 11.7. The van der Waals surface area contributed by atoms with Crippen LogP contribution >= 0.6 is 0 Å². The van der Waals surface area contributed by atoms with Gasteiger partial charge < -0.3 is 9.80 Å². The zero-order chi connectivity index (χ0) is 29.7. The van der Waals surface area contributed by atoms with E-state index in [0.29, 0.717) is 19.0 Å². The van der Waals surface area contributed by atoms with E-state index >= 15 is 0 Å². The lowest BCUT2D eigenvalue weighted by atomic mass is 9.95. The van der Waals surface area contributed by atoms with Gasteiger partial charge in [-0.2, -0.15) is 0 Å². The van der Waals surface area contributed by atoms with Gasteiger partial charge in [0.1, 0.15) is 6.04 Å². The zero-order valence-electron chi connectivity index (χ0n) is 23.7. The number of amides is 6. The first-order chi connectivity index (χ1) is 20.9. The van der Waals surface area contributed by atoms with E-state index in [1.807, 2.05) is 46.2 Å². The highest BCUT2D eigenvalue weighted by molar-refractivity contribution is 6.23. The van der Waals surface area contributed by atoms with E-state index in [1.165, 1.54) is 0 Å². The van der Waals surface area contributed by atoms with E-state index in [-0.39, 0.29) is 30.0 Å². The fourth-order valence-corrected chi connectivity index (χ4v) is 6.76. The van der Waals surface area contributed by atoms with Crippen molar-refractivity contribution in [3.05, 3.63) is 65.9 Å². The van der Waals surface area contributed by atoms with Crippen molar-refractivity contribution >= 4 is 51.9 Å². The number of nitrogens with zero attached hydrogens (tertiary/aromatic N) is 5. The summed E-state index contributed by atoms with van der Waals surface area (Å²) in [6.45, 7) is 3.68. The van der Waals surface area contributed by atoms with Crippen LogP contribution in [-0.4, -0.2) is 83.2 Å². The van der Waals surface area contributed by atoms with Crippen molar-refractivity contribution in [2.24, 2.45) is 5.92 Å². The lowest BCUT2D eigenvalue weighted by Gasteiger charge is -2.40. The van der Waals surface area contributed by atoms with Crippen molar-refractivity contribution in [1.82, 2.24) is 20.1 Å². The molecule has 2 aromatic carbocycles. The number of imide groups is 2. The van der Waals surface area contributed by atoms with Crippen LogP contribution in [0.3, 0.4) is 0 Å². The molecule has 0 bridgehead atoms. The maximum Gasteiger partial charge on any atom is 0.324 e. The molecule has 1 aromatic heterocycles. The predicted octanol–water partition coefficient (Wildman–Crippen LogP) is 3.18. The van der Waals surface area contributed by atoms with Crippen LogP contribution in [0.15, 0.2) is 54.7 Å². The Hall–Kier alpha value is -4.80. The quantitative estimate of drug-likeness (QED) is 0.460. The number of nitrogens with one attached hydrogen (secondary N) is 1. The molecular formula is C32H32N6O5. The molecule has 0 aliphatic carbocycles. The molecular weight excluding hydrogens is 548 g/mol. The molecule has 11 heteroatoms. The van der Waals surface area contributed by atoms with Crippen molar-refractivity contribution in [2.45, 2.75) is 38.1 Å². The summed E-state index contributed by atoms with van der Waals surface area (Å²) in [5, 5.41) is 3.24. The third-order valence-corrected chi connectivity index (χ3v) is 9.09. The van der Waals surface area contributed by atoms with Gasteiger partial charge in [0, 0.05) is 62.1 Å². The second-order valence-electron chi connectivity index (χ2n) is 11.7. The fraction of sp³-hybridized carbons (Fsp3) is 0.375. The van der Waals surface area contributed by atoms with Gasteiger partial charge in [-0.15, -0.1) is 0 Å². The molecule has 4 aliphatic heterocycles. The summed E-state index contributed by atoms with van der Waals surface area (Å²) in [7, 11) is 0. The second kappa shape index (κ2) is 10.8. The lowest BCUT2D eigenvalue weighted by molar-refractivity contribution is -0.136. The minimum atomic E-state index is -0.976. The van der Waals surface area contributed by atoms with Gasteiger partial charge in [0.15, 0.2) is 0 Å². The van der Waals surface area contributed by atoms with Crippen molar-refractivity contribution < 1.29 is 24.0 Å². The molecule has 6 amide bonds. The Kier molecular flexibility index (Phi) is 6.79. The van der Waals surface area contributed by atoms with Gasteiger partial charge in [0.05, 0.1) is 16.6 Å². The van der Waals surface area contributed by atoms with Crippen LogP contribution in [0.2, 0.25) is 0 Å². The van der Waals surface area contributed by atoms with Crippen molar-refractivity contribution in [1.29, 1.82) is 0 Å². The summed E-state index contributed by atoms with van der Waals surface area (Å²) < 4.78 is 0. The predicted molar refractivity (Wildman–Crippen MR) is 159 cm³/mol. The first-order valence-corrected chi connectivity index (χ1v) is 14.9. The number of aromatic nitrogens is 1. The van der Waals surface area contributed by atoms with E-state index in [2.05, 4.69) is 15.2 Å². The standard InChI is InChI=1S/C32H32N6O5/c39-28-9-8-27(29(40)34-28)38-30(41)24-6-4-22(18-25(24)31(38)42)35-15-10-20(11-16-35)19-36-13-2-14-37(32(36)43)23-5-7-26-21(17-23)3-1-12-33-26/h1,3-7,12,17-18,20,27H,2,8-11,13-16,19H2,(H,34,39,40). The molecule has 7 rings (SSSR count). The van der Waals surface area contributed by atoms with E-state index in [1.54, 1.807) is 18.3 Å². The average Bonchev–Trinajstić information content (AvgIpc) is 3.27. The van der Waals surface area contributed by atoms with Crippen LogP contribution in [0, 0.1) is 5.92 Å². The monoisotopic (exact) mass is 580 g/mol. The number of hydrogen-bond donors (Lipinski definition) is 1. The number of hydrogen-bond acceptors (Lipinski definition) is 7. The molecule has 220 valence electrons. The molecule has 3 aromatic rings. The molecule has 1 N–H and O–H groups in total. The topological polar surface area (TPSA) is 123 Å². The number of benzene rings is 2. The number of urea groups is 1. The summed E-state index contributed by atoms with van der Waals surface area (Å²) in [6, 6.07) is 14.2. The van der Waals surface area contributed by atoms with Crippen molar-refractivity contribution in [3.8, 4) is 0 Å². The van der Waals surface area contributed by atoms with E-state index in [4.69, 9.17) is 0 Å². The van der Waals surface area contributed by atoms with E-state index in [9.17, 15) is 24.0 Å². The normalized spacial score (nSPS) is 21.6. The van der Waals surface area contributed by atoms with E-state index in [0.717, 1.165) is 66.1 Å². The minimum Gasteiger partial charge on any atom is -0.371 e. The third-order valence-electron chi connectivity index (χ3n) is 9.09. The molecule has 11 nitrogen and oxygen atoms in total. The largest absolute Gasteiger partial charge is 0.371 e. The van der Waals surface area contributed by atoms with Gasteiger partial charge in [0.2, 0.25) is 11.8 Å². The van der Waals surface area contributed by atoms with Gasteiger partial charge in [-0.1, -0.05) is 6.07 Å². The highest BCUT2D eigenvalue weighted by Gasteiger charge is 2.45. The highest BCUT2D eigenvalue weighted by Crippen LogP contribution is 2.33. The summed E-state index contributed by atoms with van der Waals surface area (Å²) in [6.07, 6.45) is 4.70. The summed E-state index contributed by atoms with van der Waals surface area (Å²) >= 11 is 0. The summed E-state index contributed by atoms with van der Waals surface area (Å²) in [4.78, 5) is 75.1. The SMILES string of the molecule is O=C1CCC(N2C(=O)c3ccc(N4CCC(CN5CCCN(c6ccc7ncccc7c6)C5=O)CC4)cc3C2=O)C(=O)N1. The van der Waals surface area contributed by atoms with Gasteiger partial charge in [-0.25, -0.2) is 4.79 Å². The zero-order valence-corrected chi connectivity index (χ0v) is 23.7. The summed E-state index contributed by atoms with van der Waals surface area (Å²) in [5.74, 6) is -1.64. The van der Waals surface area contributed by atoms with Gasteiger partial charge in [-0.05, 0) is 74.1 Å². The Morgan fingerprint density at radius 2 is 1.60 bits per heavy atom. The van der Waals surface area contributed by atoms with Crippen LogP contribution in [0.25, 0.3) is 10.9 Å². The molecule has 1 atom stereocenters. The Labute approximate surface area is 248 Å². The average molecular weight is 581 g/mol. The van der Waals surface area contributed by atoms with Gasteiger partial charge in [-0.3, -0.25) is 39.3 Å². The van der Waals surface area contributed by atoms with E-state index < -0.39 is 29.7 Å². The van der Waals surface area contributed by atoms with Crippen LogP contribution in [0.4, 0.5) is 16.2 Å². The highest BCUT2D eigenvalue weighted by atomic mass is 16.2. The van der Waals surface area contributed by atoms with Crippen molar-refractivity contribution in [2.75, 3.05) is 42.5 Å². The number of pyridine rings is 1. The Balaban J connectivity index is 0.983. The molecule has 3 saturated heterocycles. The molecule has 0 saturated carbocycles. The smallest absolute Gasteiger partial charge is 0.324 e. The molecule has 1 unspecified atom stereocenters. The molecule has 0 radical (unpaired) electrons. The van der Waals surface area contributed by atoms with Crippen LogP contribution in [-0.2, 0) is 9.59 Å². The first kappa shape index (κ1) is 27.1. The molecule has 3 fully saturated rings. The first-order valence-electron chi connectivity index (χ1n) is 14.9. The Morgan fingerprint density at radius 3 is 2.42 bits per heavy atom. The number of carbonyl (C=O) groups is 5. The number of fused-ring (bicyclic) bond motifs is 2. The number of anilines is 2. The van der Waals surface area contributed by atoms with Gasteiger partial charge >= 0.3 is 6.03 Å². The lowest BCUT2D eigenvalue weighted by Crippen LogP contribution is -2.54. The molecule has 43 heavy (non-hydrogen) atoms. The van der Waals surface area contributed by atoms with Crippen LogP contribution < -0.4 is 15.1 Å². The molecule has 5 heterocycles. The summed E-state index contributed by atoms with van der Waals surface area (Å²) in [5.41, 5.74) is 3.23. The Morgan fingerprint density at radius 1 is 0.814 bits per heavy atom. The third kappa shape index (κ3) is 4.88. The van der Waals surface area contributed by atoms with Crippen LogP contribution in [0.1, 0.15) is 52.8 Å². The van der Waals surface area contributed by atoms with Crippen molar-refractivity contribution in [3.63, 3.8) is 0 Å². The maximum atomic E-state index is 13.5. The number of piperidine rings is 2. The molecule has 0 spiro atoms. The molecule has 4 aliphatic rings. The fourth-order valence-electron chi connectivity index (χ4n) is 6.76. The number of carbonyl (C=O) groups excluding carboxylic acids is 5.